The van der Waals surface area contributed by atoms with E-state index in [4.69, 9.17) is 4.74 Å². The smallest absolute Gasteiger partial charge is 0.288 e. The molecule has 2 aromatic carbocycles. The highest BCUT2D eigenvalue weighted by molar-refractivity contribution is 7.17. The Hall–Kier alpha value is -2.46. The zero-order valence-corrected chi connectivity index (χ0v) is 14.0. The predicted octanol–water partition coefficient (Wildman–Crippen LogP) is 4.66. The lowest BCUT2D eigenvalue weighted by Crippen LogP contribution is -2.32. The molecule has 0 atom stereocenters. The zero-order valence-electron chi connectivity index (χ0n) is 13.2. The number of thiophene rings is 1. The maximum absolute atomic E-state index is 6.32. The average Bonchev–Trinajstić information content (AvgIpc) is 2.99. The van der Waals surface area contributed by atoms with Crippen LogP contribution < -0.4 is 9.30 Å². The first-order chi connectivity index (χ1) is 11.2. The van der Waals surface area contributed by atoms with E-state index >= 15 is 0 Å². The minimum Gasteiger partial charge on any atom is -0.454 e. The minimum atomic E-state index is 0.925. The van der Waals surface area contributed by atoms with E-state index in [9.17, 15) is 0 Å². The van der Waals surface area contributed by atoms with Gasteiger partial charge in [-0.1, -0.05) is 35.6 Å². The van der Waals surface area contributed by atoms with Crippen LogP contribution in [0.25, 0.3) is 32.2 Å². The molecule has 1 aliphatic heterocycles. The standard InChI is InChI=1S/C19H15N2OS/c1-10-12-6-4-5-7-13(12)11(2)18-15(10)17-16-14(22-18)8-23-19(16)20-9-21(17)3/h4-9H,1-3H3/q+1. The first kappa shape index (κ1) is 13.0. The van der Waals surface area contributed by atoms with Gasteiger partial charge in [-0.15, -0.1) is 0 Å². The van der Waals surface area contributed by atoms with Crippen molar-refractivity contribution in [1.82, 2.24) is 4.98 Å². The number of fused-ring (bicyclic) bond motifs is 3. The van der Waals surface area contributed by atoms with Gasteiger partial charge in [0.1, 0.15) is 11.1 Å². The van der Waals surface area contributed by atoms with E-state index in [1.54, 1.807) is 11.3 Å². The van der Waals surface area contributed by atoms with Crippen LogP contribution in [0.5, 0.6) is 11.5 Å². The molecule has 3 nitrogen and oxygen atoms in total. The topological polar surface area (TPSA) is 26.0 Å². The molecule has 4 aromatic rings. The van der Waals surface area contributed by atoms with Crippen LogP contribution in [0.2, 0.25) is 0 Å². The van der Waals surface area contributed by atoms with Crippen molar-refractivity contribution in [1.29, 1.82) is 0 Å². The van der Waals surface area contributed by atoms with Gasteiger partial charge < -0.3 is 4.74 Å². The lowest BCUT2D eigenvalue weighted by molar-refractivity contribution is -0.662. The Morgan fingerprint density at radius 3 is 2.61 bits per heavy atom. The average molecular weight is 319 g/mol. The van der Waals surface area contributed by atoms with Gasteiger partial charge in [-0.05, 0) is 35.2 Å². The van der Waals surface area contributed by atoms with Crippen LogP contribution in [-0.2, 0) is 7.05 Å². The van der Waals surface area contributed by atoms with Crippen LogP contribution in [-0.4, -0.2) is 4.98 Å². The van der Waals surface area contributed by atoms with E-state index in [0.29, 0.717) is 0 Å². The monoisotopic (exact) mass is 319 g/mol. The van der Waals surface area contributed by atoms with Gasteiger partial charge in [-0.25, -0.2) is 4.57 Å². The van der Waals surface area contributed by atoms with E-state index in [0.717, 1.165) is 21.7 Å². The van der Waals surface area contributed by atoms with Crippen molar-refractivity contribution >= 4 is 32.3 Å². The number of hydrogen-bond acceptors (Lipinski definition) is 3. The fraction of sp³-hybridized carbons (Fsp3) is 0.158. The summed E-state index contributed by atoms with van der Waals surface area (Å²) in [6.07, 6.45) is 1.90. The Morgan fingerprint density at radius 2 is 1.83 bits per heavy atom. The highest BCUT2D eigenvalue weighted by atomic mass is 32.1. The quantitative estimate of drug-likeness (QED) is 0.388. The van der Waals surface area contributed by atoms with E-state index in [1.807, 2.05) is 6.33 Å². The summed E-state index contributed by atoms with van der Waals surface area (Å²) in [6, 6.07) is 8.56. The molecule has 0 fully saturated rings. The lowest BCUT2D eigenvalue weighted by atomic mass is 9.91. The molecule has 0 unspecified atom stereocenters. The van der Waals surface area contributed by atoms with Crippen LogP contribution in [0.3, 0.4) is 0 Å². The molecule has 0 aliphatic carbocycles. The molecular weight excluding hydrogens is 304 g/mol. The molecule has 0 radical (unpaired) electrons. The van der Waals surface area contributed by atoms with Gasteiger partial charge in [0.15, 0.2) is 11.4 Å². The Bertz CT molecular complexity index is 1130. The van der Waals surface area contributed by atoms with Gasteiger partial charge >= 0.3 is 0 Å². The molecule has 0 N–H and O–H groups in total. The summed E-state index contributed by atoms with van der Waals surface area (Å²) >= 11 is 1.64. The molecule has 1 aliphatic rings. The third-order valence-electron chi connectivity index (χ3n) is 4.80. The molecule has 4 heteroatoms. The van der Waals surface area contributed by atoms with Gasteiger partial charge in [-0.2, -0.15) is 0 Å². The Kier molecular flexibility index (Phi) is 2.43. The molecule has 0 saturated carbocycles. The molecule has 112 valence electrons. The number of aryl methyl sites for hydroxylation is 3. The Morgan fingerprint density at radius 1 is 1.09 bits per heavy atom. The summed E-state index contributed by atoms with van der Waals surface area (Å²) in [4.78, 5) is 5.56. The Balaban J connectivity index is 2.05. The lowest BCUT2D eigenvalue weighted by Gasteiger charge is -2.22. The van der Waals surface area contributed by atoms with Crippen molar-refractivity contribution in [3.05, 3.63) is 47.1 Å². The molecular formula is C19H15N2OS+. The fourth-order valence-corrected chi connectivity index (χ4v) is 4.48. The first-order valence-electron chi connectivity index (χ1n) is 7.62. The molecule has 23 heavy (non-hydrogen) atoms. The van der Waals surface area contributed by atoms with Crippen LogP contribution in [0.1, 0.15) is 11.1 Å². The zero-order chi connectivity index (χ0) is 15.7. The summed E-state index contributed by atoms with van der Waals surface area (Å²) in [5.74, 6) is 1.91. The largest absolute Gasteiger partial charge is 0.454 e. The molecule has 5 rings (SSSR count). The maximum Gasteiger partial charge on any atom is 0.288 e. The summed E-state index contributed by atoms with van der Waals surface area (Å²) in [7, 11) is 2.06. The number of benzene rings is 2. The number of rotatable bonds is 0. The molecule has 0 spiro atoms. The van der Waals surface area contributed by atoms with E-state index in [1.165, 1.54) is 33.2 Å². The second-order valence-corrected chi connectivity index (χ2v) is 6.94. The highest BCUT2D eigenvalue weighted by Crippen LogP contribution is 2.51. The molecule has 3 heterocycles. The van der Waals surface area contributed by atoms with Crippen molar-refractivity contribution in [2.45, 2.75) is 13.8 Å². The second-order valence-electron chi connectivity index (χ2n) is 6.09. The summed E-state index contributed by atoms with van der Waals surface area (Å²) < 4.78 is 8.43. The molecule has 2 aromatic heterocycles. The summed E-state index contributed by atoms with van der Waals surface area (Å²) in [6.45, 7) is 4.34. The number of aromatic nitrogens is 2. The SMILES string of the molecule is Cc1c2c(c(C)c3ccccc13)-c1c3c(csc3nc[n+]1C)O2. The number of nitrogens with zero attached hydrogens (tertiary/aromatic N) is 2. The third-order valence-corrected chi connectivity index (χ3v) is 5.67. The minimum absolute atomic E-state index is 0.925. The van der Waals surface area contributed by atoms with Crippen molar-refractivity contribution < 1.29 is 9.30 Å². The van der Waals surface area contributed by atoms with Crippen molar-refractivity contribution in [3.8, 4) is 22.8 Å². The van der Waals surface area contributed by atoms with Gasteiger partial charge in [0.25, 0.3) is 6.33 Å². The van der Waals surface area contributed by atoms with Gasteiger partial charge in [0, 0.05) is 10.9 Å². The van der Waals surface area contributed by atoms with Crippen molar-refractivity contribution in [2.24, 2.45) is 7.05 Å². The Labute approximate surface area is 137 Å². The molecule has 0 bridgehead atoms. The number of hydrogen-bond donors (Lipinski definition) is 0. The predicted molar refractivity (Wildman–Crippen MR) is 93.3 cm³/mol. The van der Waals surface area contributed by atoms with Crippen molar-refractivity contribution in [2.75, 3.05) is 0 Å². The molecule has 0 amide bonds. The van der Waals surface area contributed by atoms with Gasteiger partial charge in [0.2, 0.25) is 4.83 Å². The summed E-state index contributed by atoms with van der Waals surface area (Å²) in [5, 5.41) is 5.74. The van der Waals surface area contributed by atoms with E-state index < -0.39 is 0 Å². The maximum atomic E-state index is 6.32. The number of ether oxygens (including phenoxy) is 1. The highest BCUT2D eigenvalue weighted by Gasteiger charge is 2.32. The third kappa shape index (κ3) is 1.54. The first-order valence-corrected chi connectivity index (χ1v) is 8.50. The normalized spacial score (nSPS) is 12.5. The van der Waals surface area contributed by atoms with Gasteiger partial charge in [0.05, 0.1) is 12.6 Å². The van der Waals surface area contributed by atoms with E-state index in [-0.39, 0.29) is 0 Å². The second kappa shape index (κ2) is 4.30. The van der Waals surface area contributed by atoms with Crippen LogP contribution in [0.15, 0.2) is 36.0 Å². The van der Waals surface area contributed by atoms with Crippen LogP contribution in [0.4, 0.5) is 0 Å². The van der Waals surface area contributed by atoms with E-state index in [2.05, 4.69) is 60.1 Å². The van der Waals surface area contributed by atoms with Crippen molar-refractivity contribution in [3.63, 3.8) is 0 Å². The van der Waals surface area contributed by atoms with Crippen LogP contribution in [0, 0.1) is 13.8 Å². The fourth-order valence-electron chi connectivity index (χ4n) is 3.67. The summed E-state index contributed by atoms with van der Waals surface area (Å²) in [5.41, 5.74) is 4.87. The van der Waals surface area contributed by atoms with Gasteiger partial charge in [-0.3, -0.25) is 0 Å². The van der Waals surface area contributed by atoms with Crippen LogP contribution >= 0.6 is 11.3 Å². The molecule has 0 saturated heterocycles.